The molecule has 0 saturated carbocycles. The molecular weight excluding hydrogens is 542 g/mol. The van der Waals surface area contributed by atoms with Crippen molar-refractivity contribution in [2.75, 3.05) is 20.1 Å². The average Bonchev–Trinajstić information content (AvgIpc) is 3.62. The average molecular weight is 570 g/mol. The zero-order valence-electron chi connectivity index (χ0n) is 22.3. The van der Waals surface area contributed by atoms with Crippen molar-refractivity contribution in [2.24, 2.45) is 5.92 Å². The second kappa shape index (κ2) is 10.7. The predicted octanol–water partition coefficient (Wildman–Crippen LogP) is 6.91. The summed E-state index contributed by atoms with van der Waals surface area (Å²) < 4.78 is 7.84. The highest BCUT2D eigenvalue weighted by atomic mass is 35.5. The number of carbonyl (C=O) groups is 1. The van der Waals surface area contributed by atoms with Crippen LogP contribution < -0.4 is 0 Å². The number of likely N-dealkylation sites (tertiary alicyclic amines) is 1. The monoisotopic (exact) mass is 569 g/mol. The number of benzene rings is 2. The quantitative estimate of drug-likeness (QED) is 0.233. The van der Waals surface area contributed by atoms with Gasteiger partial charge in [0.25, 0.3) is 0 Å². The first-order valence-corrected chi connectivity index (χ1v) is 14.5. The van der Waals surface area contributed by atoms with Gasteiger partial charge in [-0.3, -0.25) is 4.79 Å². The van der Waals surface area contributed by atoms with Crippen molar-refractivity contribution in [1.82, 2.24) is 19.4 Å². The summed E-state index contributed by atoms with van der Waals surface area (Å²) in [5, 5.41) is 11.3. The molecule has 1 saturated heterocycles. The molecule has 0 bridgehead atoms. The van der Waals surface area contributed by atoms with E-state index in [-0.39, 0.29) is 11.5 Å². The molecule has 202 valence electrons. The maximum absolute atomic E-state index is 11.5. The summed E-state index contributed by atoms with van der Waals surface area (Å²) in [6.07, 6.45) is 13.1. The van der Waals surface area contributed by atoms with Crippen LogP contribution in [0.15, 0.2) is 76.6 Å². The standard InChI is InChI=1S/C31H28ClN5O2S/c1-20-24(25-6-3-4-8-26(25)32)7-5-11-31(20,30-35-27-15-21(18-38)14-22(16-33)29(27)39-30)40-28-17-37(19-34-28)23-9-12-36(2)13-10-23/h3-8,11,14-15,17-20,23H,9-10,12-13H2,1-2H3. The highest BCUT2D eigenvalue weighted by Crippen LogP contribution is 2.54. The van der Waals surface area contributed by atoms with E-state index in [0.29, 0.717) is 33.6 Å². The van der Waals surface area contributed by atoms with E-state index in [0.717, 1.165) is 48.4 Å². The van der Waals surface area contributed by atoms with Crippen LogP contribution in [-0.4, -0.2) is 45.9 Å². The normalized spacial score (nSPS) is 21.9. The van der Waals surface area contributed by atoms with Gasteiger partial charge in [-0.1, -0.05) is 66.7 Å². The van der Waals surface area contributed by atoms with Crippen molar-refractivity contribution in [1.29, 1.82) is 5.26 Å². The third kappa shape index (κ3) is 4.68. The Labute approximate surface area is 242 Å². The molecule has 4 aromatic rings. The molecule has 1 fully saturated rings. The Morgan fingerprint density at radius 2 is 2.05 bits per heavy atom. The van der Waals surface area contributed by atoms with Crippen molar-refractivity contribution < 1.29 is 9.21 Å². The summed E-state index contributed by atoms with van der Waals surface area (Å²) in [4.78, 5) is 23.6. The van der Waals surface area contributed by atoms with Gasteiger partial charge in [0, 0.05) is 28.7 Å². The summed E-state index contributed by atoms with van der Waals surface area (Å²) >= 11 is 8.24. The van der Waals surface area contributed by atoms with E-state index in [1.54, 1.807) is 17.8 Å². The van der Waals surface area contributed by atoms with Crippen LogP contribution in [0, 0.1) is 17.2 Å². The molecule has 6 rings (SSSR count). The molecule has 2 aromatic carbocycles. The van der Waals surface area contributed by atoms with Gasteiger partial charge in [0.15, 0.2) is 5.58 Å². The largest absolute Gasteiger partial charge is 0.437 e. The fourth-order valence-electron chi connectivity index (χ4n) is 5.66. The maximum Gasteiger partial charge on any atom is 0.216 e. The first-order chi connectivity index (χ1) is 19.4. The van der Waals surface area contributed by atoms with Gasteiger partial charge >= 0.3 is 0 Å². The SMILES string of the molecule is CC1C(c2ccccc2Cl)=CC=CC1(Sc1cn(C2CCN(C)CC2)cn1)c1nc2cc(C=O)cc(C#N)c2o1. The van der Waals surface area contributed by atoms with E-state index < -0.39 is 4.75 Å². The second-order valence-electron chi connectivity index (χ2n) is 10.4. The lowest BCUT2D eigenvalue weighted by Gasteiger charge is -2.36. The minimum atomic E-state index is -0.789. The highest BCUT2D eigenvalue weighted by molar-refractivity contribution is 8.00. The number of imidazole rings is 1. The number of thioether (sulfide) groups is 1. The molecule has 3 heterocycles. The third-order valence-electron chi connectivity index (χ3n) is 7.98. The van der Waals surface area contributed by atoms with Crippen molar-refractivity contribution in [3.63, 3.8) is 0 Å². The predicted molar refractivity (Wildman–Crippen MR) is 157 cm³/mol. The second-order valence-corrected chi connectivity index (χ2v) is 12.1. The van der Waals surface area contributed by atoms with E-state index in [2.05, 4.69) is 47.9 Å². The Kier molecular flexibility index (Phi) is 7.13. The highest BCUT2D eigenvalue weighted by Gasteiger charge is 2.46. The molecule has 0 radical (unpaired) electrons. The van der Waals surface area contributed by atoms with Crippen LogP contribution in [-0.2, 0) is 4.75 Å². The van der Waals surface area contributed by atoms with Gasteiger partial charge in [0.05, 0.1) is 11.9 Å². The summed E-state index contributed by atoms with van der Waals surface area (Å²) in [7, 11) is 2.16. The Morgan fingerprint density at radius 3 is 2.80 bits per heavy atom. The van der Waals surface area contributed by atoms with Gasteiger partial charge < -0.3 is 13.9 Å². The molecule has 0 N–H and O–H groups in total. The summed E-state index contributed by atoms with van der Waals surface area (Å²) in [5.41, 5.74) is 3.49. The number of oxazole rings is 1. The van der Waals surface area contributed by atoms with E-state index in [1.165, 1.54) is 6.07 Å². The topological polar surface area (TPSA) is 88.0 Å². The number of nitriles is 1. The molecule has 40 heavy (non-hydrogen) atoms. The van der Waals surface area contributed by atoms with Crippen LogP contribution in [0.5, 0.6) is 0 Å². The number of nitrogens with zero attached hydrogens (tertiary/aromatic N) is 5. The van der Waals surface area contributed by atoms with Crippen molar-refractivity contribution in [2.45, 2.75) is 35.6 Å². The molecular formula is C31H28ClN5O2S. The number of hydrogen-bond acceptors (Lipinski definition) is 7. The number of aldehydes is 1. The molecule has 1 aliphatic heterocycles. The van der Waals surface area contributed by atoms with E-state index in [1.807, 2.05) is 36.7 Å². The smallest absolute Gasteiger partial charge is 0.216 e. The summed E-state index contributed by atoms with van der Waals surface area (Å²) in [5.74, 6) is 0.322. The van der Waals surface area contributed by atoms with Crippen LogP contribution in [0.1, 0.15) is 53.2 Å². The fraction of sp³-hybridized carbons (Fsp3) is 0.290. The van der Waals surface area contributed by atoms with Crippen molar-refractivity contribution in [3.05, 3.63) is 94.8 Å². The van der Waals surface area contributed by atoms with Crippen molar-refractivity contribution in [3.8, 4) is 6.07 Å². The molecule has 1 aliphatic carbocycles. The summed E-state index contributed by atoms with van der Waals surface area (Å²) in [6, 6.07) is 13.6. The Hall–Kier alpha value is -3.64. The van der Waals surface area contributed by atoms with E-state index in [9.17, 15) is 10.1 Å². The molecule has 2 aliphatic rings. The van der Waals surface area contributed by atoms with Crippen molar-refractivity contribution >= 4 is 46.3 Å². The molecule has 0 amide bonds. The zero-order chi connectivity index (χ0) is 27.9. The lowest BCUT2D eigenvalue weighted by atomic mass is 9.79. The zero-order valence-corrected chi connectivity index (χ0v) is 23.8. The van der Waals surface area contributed by atoms with Gasteiger partial charge in [-0.25, -0.2) is 9.97 Å². The third-order valence-corrected chi connectivity index (χ3v) is 9.73. The molecule has 7 nitrogen and oxygen atoms in total. The molecule has 2 unspecified atom stereocenters. The van der Waals surface area contributed by atoms with Gasteiger partial charge in [-0.05, 0) is 62.3 Å². The molecule has 0 spiro atoms. The van der Waals surface area contributed by atoms with E-state index in [4.69, 9.17) is 26.0 Å². The number of fused-ring (bicyclic) bond motifs is 1. The van der Waals surface area contributed by atoms with Crippen LogP contribution in [0.2, 0.25) is 5.02 Å². The minimum absolute atomic E-state index is 0.125. The first-order valence-electron chi connectivity index (χ1n) is 13.3. The fourth-order valence-corrected chi connectivity index (χ4v) is 7.15. The Morgan fingerprint density at radius 1 is 1.25 bits per heavy atom. The Bertz CT molecular complexity index is 1690. The molecule has 2 aromatic heterocycles. The van der Waals surface area contributed by atoms with Gasteiger partial charge in [0.2, 0.25) is 5.89 Å². The van der Waals surface area contributed by atoms with Crippen LogP contribution in [0.4, 0.5) is 0 Å². The van der Waals surface area contributed by atoms with Crippen LogP contribution in [0.3, 0.4) is 0 Å². The number of rotatable bonds is 6. The number of carbonyl (C=O) groups excluding carboxylic acids is 1. The van der Waals surface area contributed by atoms with Crippen LogP contribution >= 0.6 is 23.4 Å². The maximum atomic E-state index is 11.5. The van der Waals surface area contributed by atoms with E-state index >= 15 is 0 Å². The van der Waals surface area contributed by atoms with Gasteiger partial charge in [-0.15, -0.1) is 0 Å². The number of halogens is 1. The van der Waals surface area contributed by atoms with Gasteiger partial charge in [0.1, 0.15) is 27.6 Å². The Balaban J connectivity index is 1.46. The molecule has 9 heteroatoms. The number of allylic oxidation sites excluding steroid dienone is 3. The molecule has 2 atom stereocenters. The lowest BCUT2D eigenvalue weighted by molar-refractivity contribution is 0.112. The number of hydrogen-bond donors (Lipinski definition) is 0. The number of aromatic nitrogens is 3. The summed E-state index contributed by atoms with van der Waals surface area (Å²) in [6.45, 7) is 4.26. The van der Waals surface area contributed by atoms with Gasteiger partial charge in [-0.2, -0.15) is 5.26 Å². The minimum Gasteiger partial charge on any atom is -0.437 e. The number of piperidine rings is 1. The van der Waals surface area contributed by atoms with Crippen LogP contribution in [0.25, 0.3) is 16.7 Å². The lowest BCUT2D eigenvalue weighted by Crippen LogP contribution is -2.31. The first kappa shape index (κ1) is 26.6.